The number of rotatable bonds is 6. The Labute approximate surface area is 131 Å². The van der Waals surface area contributed by atoms with E-state index in [4.69, 9.17) is 20.8 Å². The molecule has 0 bridgehead atoms. The average molecular weight is 308 g/mol. The van der Waals surface area contributed by atoms with Gasteiger partial charge in [-0.25, -0.2) is 0 Å². The van der Waals surface area contributed by atoms with Gasteiger partial charge in [-0.2, -0.15) is 0 Å². The summed E-state index contributed by atoms with van der Waals surface area (Å²) in [7, 11) is 0. The highest BCUT2D eigenvalue weighted by Gasteiger charge is 2.12. The molecule has 0 unspecified atom stereocenters. The van der Waals surface area contributed by atoms with Crippen molar-refractivity contribution in [3.63, 3.8) is 0 Å². The van der Waals surface area contributed by atoms with Gasteiger partial charge in [-0.1, -0.05) is 29.8 Å². The lowest BCUT2D eigenvalue weighted by Gasteiger charge is -2.20. The summed E-state index contributed by atoms with van der Waals surface area (Å²) in [5, 5.41) is 4.15. The Kier molecular flexibility index (Phi) is 5.45. The van der Waals surface area contributed by atoms with Crippen LogP contribution in [0.1, 0.15) is 37.7 Å². The van der Waals surface area contributed by atoms with Crippen LogP contribution in [0.3, 0.4) is 0 Å². The molecule has 4 heteroatoms. The molecule has 2 aromatic rings. The molecule has 0 aliphatic rings. The number of ether oxygens (including phenoxy) is 1. The number of benzene rings is 1. The van der Waals surface area contributed by atoms with Crippen LogP contribution in [0.5, 0.6) is 0 Å². The highest BCUT2D eigenvalue weighted by molar-refractivity contribution is 6.31. The van der Waals surface area contributed by atoms with E-state index < -0.39 is 0 Å². The van der Waals surface area contributed by atoms with E-state index in [-0.39, 0.29) is 5.54 Å². The summed E-state index contributed by atoms with van der Waals surface area (Å²) in [4.78, 5) is 0. The fraction of sp³-hybridized carbons (Fsp3) is 0.412. The molecule has 0 spiro atoms. The van der Waals surface area contributed by atoms with Crippen molar-refractivity contribution in [3.8, 4) is 0 Å². The van der Waals surface area contributed by atoms with Gasteiger partial charge in [0.05, 0.1) is 26.0 Å². The lowest BCUT2D eigenvalue weighted by Crippen LogP contribution is -2.35. The van der Waals surface area contributed by atoms with Crippen molar-refractivity contribution in [1.29, 1.82) is 0 Å². The first-order chi connectivity index (χ1) is 9.96. The van der Waals surface area contributed by atoms with Gasteiger partial charge in [0.15, 0.2) is 0 Å². The van der Waals surface area contributed by atoms with Gasteiger partial charge in [0.1, 0.15) is 5.76 Å². The van der Waals surface area contributed by atoms with E-state index in [1.54, 1.807) is 6.26 Å². The maximum atomic E-state index is 6.11. The predicted molar refractivity (Wildman–Crippen MR) is 85.2 cm³/mol. The number of hydrogen-bond donors (Lipinski definition) is 1. The van der Waals surface area contributed by atoms with Crippen LogP contribution in [0.15, 0.2) is 41.0 Å². The van der Waals surface area contributed by atoms with Crippen molar-refractivity contribution in [2.24, 2.45) is 0 Å². The summed E-state index contributed by atoms with van der Waals surface area (Å²) in [5.41, 5.74) is 2.12. The van der Waals surface area contributed by atoms with E-state index in [9.17, 15) is 0 Å². The number of hydrogen-bond acceptors (Lipinski definition) is 3. The SMILES string of the molecule is CC(C)(C)NCc1occc1COCc1ccccc1Cl. The molecule has 0 aliphatic carbocycles. The fourth-order valence-corrected chi connectivity index (χ4v) is 2.07. The van der Waals surface area contributed by atoms with Gasteiger partial charge >= 0.3 is 0 Å². The topological polar surface area (TPSA) is 34.4 Å². The molecule has 21 heavy (non-hydrogen) atoms. The number of halogens is 1. The third kappa shape index (κ3) is 5.20. The van der Waals surface area contributed by atoms with Gasteiger partial charge in [-0.3, -0.25) is 0 Å². The Hall–Kier alpha value is -1.29. The second kappa shape index (κ2) is 7.12. The van der Waals surface area contributed by atoms with Crippen molar-refractivity contribution >= 4 is 11.6 Å². The fourth-order valence-electron chi connectivity index (χ4n) is 1.88. The minimum absolute atomic E-state index is 0.0580. The molecule has 1 N–H and O–H groups in total. The van der Waals surface area contributed by atoms with Crippen molar-refractivity contribution < 1.29 is 9.15 Å². The van der Waals surface area contributed by atoms with Crippen LogP contribution in [0.4, 0.5) is 0 Å². The zero-order valence-corrected chi connectivity index (χ0v) is 13.5. The molecule has 0 saturated heterocycles. The van der Waals surface area contributed by atoms with E-state index in [1.807, 2.05) is 30.3 Å². The first-order valence-electron chi connectivity index (χ1n) is 7.07. The standard InChI is InChI=1S/C17H22ClNO2/c1-17(2,3)19-10-16-14(8-9-21-16)12-20-11-13-6-4-5-7-15(13)18/h4-9,19H,10-12H2,1-3H3. The molecule has 0 saturated carbocycles. The zero-order chi connectivity index (χ0) is 15.3. The van der Waals surface area contributed by atoms with Crippen LogP contribution in [-0.4, -0.2) is 5.54 Å². The number of nitrogens with one attached hydrogen (secondary N) is 1. The van der Waals surface area contributed by atoms with Crippen molar-refractivity contribution in [2.45, 2.75) is 46.1 Å². The van der Waals surface area contributed by atoms with Crippen LogP contribution in [-0.2, 0) is 24.5 Å². The Balaban J connectivity index is 1.87. The smallest absolute Gasteiger partial charge is 0.123 e. The van der Waals surface area contributed by atoms with E-state index >= 15 is 0 Å². The monoisotopic (exact) mass is 307 g/mol. The Morgan fingerprint density at radius 2 is 1.81 bits per heavy atom. The Morgan fingerprint density at radius 3 is 2.52 bits per heavy atom. The summed E-state index contributed by atoms with van der Waals surface area (Å²) in [6, 6.07) is 9.67. The average Bonchev–Trinajstić information content (AvgIpc) is 2.85. The summed E-state index contributed by atoms with van der Waals surface area (Å²) < 4.78 is 11.3. The second-order valence-corrected chi connectivity index (χ2v) is 6.46. The first-order valence-corrected chi connectivity index (χ1v) is 7.45. The van der Waals surface area contributed by atoms with Gasteiger partial charge in [0, 0.05) is 16.1 Å². The second-order valence-electron chi connectivity index (χ2n) is 6.06. The molecule has 0 radical (unpaired) electrons. The Morgan fingerprint density at radius 1 is 1.10 bits per heavy atom. The summed E-state index contributed by atoms with van der Waals surface area (Å²) in [6.07, 6.45) is 1.70. The maximum Gasteiger partial charge on any atom is 0.123 e. The number of furan rings is 1. The van der Waals surface area contributed by atoms with E-state index in [2.05, 4.69) is 26.1 Å². The quantitative estimate of drug-likeness (QED) is 0.851. The van der Waals surface area contributed by atoms with Gasteiger partial charge in [-0.05, 0) is 38.5 Å². The summed E-state index contributed by atoms with van der Waals surface area (Å²) in [6.45, 7) is 8.09. The van der Waals surface area contributed by atoms with Crippen LogP contribution in [0.2, 0.25) is 5.02 Å². The van der Waals surface area contributed by atoms with Crippen LogP contribution in [0.25, 0.3) is 0 Å². The van der Waals surface area contributed by atoms with Crippen molar-refractivity contribution in [2.75, 3.05) is 0 Å². The molecule has 3 nitrogen and oxygen atoms in total. The molecule has 0 atom stereocenters. The molecule has 114 valence electrons. The third-order valence-electron chi connectivity index (χ3n) is 3.09. The van der Waals surface area contributed by atoms with Crippen molar-refractivity contribution in [1.82, 2.24) is 5.32 Å². The summed E-state index contributed by atoms with van der Waals surface area (Å²) in [5.74, 6) is 0.920. The molecule has 0 aliphatic heterocycles. The molecule has 0 amide bonds. The van der Waals surface area contributed by atoms with Crippen LogP contribution < -0.4 is 5.32 Å². The van der Waals surface area contributed by atoms with Gasteiger partial charge in [0.2, 0.25) is 0 Å². The lowest BCUT2D eigenvalue weighted by molar-refractivity contribution is 0.106. The Bertz CT molecular complexity index is 572. The van der Waals surface area contributed by atoms with Crippen LogP contribution in [0, 0.1) is 0 Å². The summed E-state index contributed by atoms with van der Waals surface area (Å²) >= 11 is 6.11. The van der Waals surface area contributed by atoms with Crippen LogP contribution >= 0.6 is 11.6 Å². The van der Waals surface area contributed by atoms with Gasteiger partial charge < -0.3 is 14.5 Å². The van der Waals surface area contributed by atoms with Gasteiger partial charge in [-0.15, -0.1) is 0 Å². The molecular weight excluding hydrogens is 286 g/mol. The zero-order valence-electron chi connectivity index (χ0n) is 12.8. The molecule has 1 heterocycles. The van der Waals surface area contributed by atoms with E-state index in [0.717, 1.165) is 21.9 Å². The third-order valence-corrected chi connectivity index (χ3v) is 3.46. The largest absolute Gasteiger partial charge is 0.468 e. The molecular formula is C17H22ClNO2. The molecule has 0 fully saturated rings. The molecule has 1 aromatic carbocycles. The minimum Gasteiger partial charge on any atom is -0.468 e. The normalized spacial score (nSPS) is 11.8. The lowest BCUT2D eigenvalue weighted by atomic mass is 10.1. The van der Waals surface area contributed by atoms with E-state index in [0.29, 0.717) is 19.8 Å². The first kappa shape index (κ1) is 16.1. The van der Waals surface area contributed by atoms with E-state index in [1.165, 1.54) is 0 Å². The van der Waals surface area contributed by atoms with Crippen molar-refractivity contribution in [3.05, 3.63) is 58.5 Å². The minimum atomic E-state index is 0.0580. The molecule has 2 rings (SSSR count). The highest BCUT2D eigenvalue weighted by Crippen LogP contribution is 2.18. The van der Waals surface area contributed by atoms with Gasteiger partial charge in [0.25, 0.3) is 0 Å². The predicted octanol–water partition coefficient (Wildman–Crippen LogP) is 4.54. The highest BCUT2D eigenvalue weighted by atomic mass is 35.5. The molecule has 1 aromatic heterocycles. The maximum absolute atomic E-state index is 6.11.